The molecule has 0 bridgehead atoms. The third-order valence-electron chi connectivity index (χ3n) is 4.87. The van der Waals surface area contributed by atoms with Gasteiger partial charge in [-0.2, -0.15) is 21.9 Å². The van der Waals surface area contributed by atoms with Crippen molar-refractivity contribution < 1.29 is 36.1 Å². The maximum absolute atomic E-state index is 13.5. The van der Waals surface area contributed by atoms with Crippen LogP contribution in [0.25, 0.3) is 0 Å². The lowest BCUT2D eigenvalue weighted by molar-refractivity contribution is -0.142. The first-order chi connectivity index (χ1) is 17.2. The Labute approximate surface area is 208 Å². The van der Waals surface area contributed by atoms with Gasteiger partial charge in [-0.05, 0) is 49.7 Å². The van der Waals surface area contributed by atoms with Gasteiger partial charge < -0.3 is 15.8 Å². The molecule has 0 aliphatic heterocycles. The van der Waals surface area contributed by atoms with Crippen molar-refractivity contribution in [1.29, 1.82) is 0 Å². The molecule has 0 spiro atoms. The summed E-state index contributed by atoms with van der Waals surface area (Å²) in [5, 5.41) is 9.00. The Bertz CT molecular complexity index is 1500. The minimum atomic E-state index is -4.93. The molecule has 15 heteroatoms. The molecule has 2 aromatic heterocycles. The number of alkyl halides is 3. The molecule has 37 heavy (non-hydrogen) atoms. The summed E-state index contributed by atoms with van der Waals surface area (Å²) in [5.74, 6) is -3.33. The molecule has 0 unspecified atom stereocenters. The van der Waals surface area contributed by atoms with Gasteiger partial charge in [0, 0.05) is 16.8 Å². The number of nitrogens with two attached hydrogens (primary N) is 1. The topological polar surface area (TPSA) is 150 Å². The number of hydrogen-bond donors (Lipinski definition) is 2. The van der Waals surface area contributed by atoms with Crippen molar-refractivity contribution >= 4 is 27.2 Å². The van der Waals surface area contributed by atoms with Crippen molar-refractivity contribution in [1.82, 2.24) is 15.2 Å². The second-order valence-corrected chi connectivity index (χ2v) is 9.90. The molecule has 0 aliphatic rings. The van der Waals surface area contributed by atoms with Gasteiger partial charge in [0.25, 0.3) is 17.7 Å². The lowest BCUT2D eigenvalue weighted by Gasteiger charge is -2.16. The molecule has 0 fully saturated rings. The number of pyridine rings is 1. The van der Waals surface area contributed by atoms with Gasteiger partial charge in [-0.25, -0.2) is 9.19 Å². The van der Waals surface area contributed by atoms with E-state index in [1.807, 2.05) is 0 Å². The molecule has 3 rings (SSSR count). The summed E-state index contributed by atoms with van der Waals surface area (Å²) in [6, 6.07) is 7.55. The number of benzene rings is 1. The first-order valence-corrected chi connectivity index (χ1v) is 12.3. The molecule has 0 saturated heterocycles. The molecular weight excluding hydrogens is 520 g/mol. The molecule has 1 aromatic carbocycles. The molecule has 2 amide bonds. The summed E-state index contributed by atoms with van der Waals surface area (Å²) < 4.78 is 75.7. The van der Waals surface area contributed by atoms with E-state index in [0.717, 1.165) is 13.0 Å². The highest BCUT2D eigenvalue weighted by Crippen LogP contribution is 2.35. The summed E-state index contributed by atoms with van der Waals surface area (Å²) in [6.07, 6.45) is -3.73. The van der Waals surface area contributed by atoms with Crippen molar-refractivity contribution in [3.8, 4) is 11.6 Å². The molecule has 0 saturated carbocycles. The number of carbonyl (C=O) groups excluding carboxylic acids is 2. The zero-order valence-corrected chi connectivity index (χ0v) is 20.4. The van der Waals surface area contributed by atoms with E-state index >= 15 is 0 Å². The average Bonchev–Trinajstić information content (AvgIpc) is 2.80. The normalized spacial score (nSPS) is 13.0. The summed E-state index contributed by atoms with van der Waals surface area (Å²) in [4.78, 5) is 28.4. The molecule has 3 aromatic rings. The number of nitrogens with zero attached hydrogens (tertiary/aromatic N) is 4. The Morgan fingerprint density at radius 1 is 1.16 bits per heavy atom. The number of halogens is 4. The van der Waals surface area contributed by atoms with Crippen LogP contribution in [0.15, 0.2) is 45.7 Å². The summed E-state index contributed by atoms with van der Waals surface area (Å²) >= 11 is 0. The number of carbonyl (C=O) groups is 2. The smallest absolute Gasteiger partial charge is 0.435 e. The number of rotatable bonds is 6. The Balaban J connectivity index is 2.06. The fourth-order valence-electron chi connectivity index (χ4n) is 3.12. The number of aryl methyl sites for hydroxylation is 1. The third-order valence-corrected chi connectivity index (χ3v) is 6.55. The molecule has 0 radical (unpaired) electrons. The first kappa shape index (κ1) is 27.6. The van der Waals surface area contributed by atoms with Crippen LogP contribution in [0.2, 0.25) is 0 Å². The van der Waals surface area contributed by atoms with Crippen molar-refractivity contribution in [2.75, 3.05) is 18.1 Å². The zero-order chi connectivity index (χ0) is 27.5. The summed E-state index contributed by atoms with van der Waals surface area (Å²) in [6.45, 7) is 1.95. The van der Waals surface area contributed by atoms with Crippen LogP contribution in [-0.2, 0) is 20.7 Å². The monoisotopic (exact) mass is 540 g/mol. The quantitative estimate of drug-likeness (QED) is 0.356. The van der Waals surface area contributed by atoms with E-state index in [1.54, 1.807) is 0 Å². The van der Waals surface area contributed by atoms with E-state index in [1.165, 1.54) is 43.5 Å². The van der Waals surface area contributed by atoms with Crippen LogP contribution in [0.5, 0.6) is 11.6 Å². The lowest BCUT2D eigenvalue weighted by atomic mass is 10.1. The molecule has 196 valence electrons. The third kappa shape index (κ3) is 6.42. The molecule has 2 heterocycles. The van der Waals surface area contributed by atoms with E-state index < -0.39 is 62.9 Å². The number of amides is 2. The van der Waals surface area contributed by atoms with Crippen molar-refractivity contribution in [3.05, 3.63) is 64.9 Å². The molecule has 10 nitrogen and oxygen atoms in total. The van der Waals surface area contributed by atoms with Gasteiger partial charge in [0.1, 0.15) is 5.56 Å². The number of anilines is 1. The molecule has 1 atom stereocenters. The fraction of sp³-hybridized carbons (Fsp3) is 0.227. The Kier molecular flexibility index (Phi) is 7.88. The lowest BCUT2D eigenvalue weighted by Crippen LogP contribution is -2.21. The second-order valence-electron chi connectivity index (χ2n) is 7.64. The zero-order valence-electron chi connectivity index (χ0n) is 19.6. The Hall–Kier alpha value is -3.98. The first-order valence-electron chi connectivity index (χ1n) is 10.3. The van der Waals surface area contributed by atoms with Crippen LogP contribution >= 0.6 is 0 Å². The average molecular weight is 540 g/mol. The van der Waals surface area contributed by atoms with Gasteiger partial charge in [0.2, 0.25) is 5.95 Å². The molecule has 0 aliphatic carbocycles. The van der Waals surface area contributed by atoms with Gasteiger partial charge in [0.15, 0.2) is 11.4 Å². The van der Waals surface area contributed by atoms with Crippen LogP contribution in [0.3, 0.4) is 0 Å². The number of aromatic nitrogens is 3. The number of hydrogen-bond acceptors (Lipinski definition) is 8. The predicted molar refractivity (Wildman–Crippen MR) is 124 cm³/mol. The highest BCUT2D eigenvalue weighted by Gasteiger charge is 2.38. The predicted octanol–water partition coefficient (Wildman–Crippen LogP) is 3.63. The minimum absolute atomic E-state index is 0.0304. The van der Waals surface area contributed by atoms with Crippen molar-refractivity contribution in [2.45, 2.75) is 24.9 Å². The van der Waals surface area contributed by atoms with Crippen LogP contribution in [0.4, 0.5) is 23.2 Å². The highest BCUT2D eigenvalue weighted by molar-refractivity contribution is 7.93. The maximum atomic E-state index is 13.5. The fourth-order valence-corrected chi connectivity index (χ4v) is 4.37. The standard InChI is InChI=1S/C22H20F4N6O4S/c1-11-18(20(34)29-13-5-4-6-14(9-13)37(3,35)32-17(33)10-27)21(31-30-19(11)22(24,25)26)36-15-7-8-16(23)28-12(15)2/h4-9H,10,27H2,1-3H3,(H,29,34)/t37-/m1/s1. The van der Waals surface area contributed by atoms with Crippen LogP contribution in [0, 0.1) is 19.8 Å². The van der Waals surface area contributed by atoms with Crippen LogP contribution < -0.4 is 15.8 Å². The minimum Gasteiger partial charge on any atom is -0.435 e. The summed E-state index contributed by atoms with van der Waals surface area (Å²) in [7, 11) is -3.23. The number of ether oxygens (including phenoxy) is 1. The Morgan fingerprint density at radius 2 is 1.86 bits per heavy atom. The van der Waals surface area contributed by atoms with Gasteiger partial charge in [-0.3, -0.25) is 9.59 Å². The van der Waals surface area contributed by atoms with E-state index in [-0.39, 0.29) is 22.0 Å². The van der Waals surface area contributed by atoms with E-state index in [4.69, 9.17) is 10.5 Å². The van der Waals surface area contributed by atoms with Gasteiger partial charge in [0.05, 0.1) is 22.0 Å². The summed E-state index contributed by atoms with van der Waals surface area (Å²) in [5.41, 5.74) is 2.69. The second kappa shape index (κ2) is 10.6. The van der Waals surface area contributed by atoms with Gasteiger partial charge >= 0.3 is 6.18 Å². The largest absolute Gasteiger partial charge is 0.435 e. The van der Waals surface area contributed by atoms with E-state index in [9.17, 15) is 31.4 Å². The highest BCUT2D eigenvalue weighted by atomic mass is 32.2. The molecular formula is C22H20F4N6O4S. The maximum Gasteiger partial charge on any atom is 0.435 e. The van der Waals surface area contributed by atoms with Crippen molar-refractivity contribution in [3.63, 3.8) is 0 Å². The van der Waals surface area contributed by atoms with E-state index in [0.29, 0.717) is 0 Å². The SMILES string of the molecule is Cc1nc(F)ccc1Oc1nnc(C(F)(F)F)c(C)c1C(=O)Nc1cccc([S@@](C)(=O)=NC(=O)CN)c1. The van der Waals surface area contributed by atoms with Crippen molar-refractivity contribution in [2.24, 2.45) is 10.1 Å². The number of nitrogens with one attached hydrogen (secondary N) is 1. The van der Waals surface area contributed by atoms with Crippen LogP contribution in [0.1, 0.15) is 27.3 Å². The van der Waals surface area contributed by atoms with Gasteiger partial charge in [-0.15, -0.1) is 10.2 Å². The van der Waals surface area contributed by atoms with Crippen LogP contribution in [-0.4, -0.2) is 44.0 Å². The molecule has 3 N–H and O–H groups in total. The van der Waals surface area contributed by atoms with Gasteiger partial charge in [-0.1, -0.05) is 6.07 Å². The van der Waals surface area contributed by atoms with E-state index in [2.05, 4.69) is 24.9 Å². The Morgan fingerprint density at radius 3 is 2.49 bits per heavy atom.